The van der Waals surface area contributed by atoms with Crippen LogP contribution in [0.1, 0.15) is 25.0 Å². The summed E-state index contributed by atoms with van der Waals surface area (Å²) in [7, 11) is 0. The lowest BCUT2D eigenvalue weighted by atomic mass is 10.0. The highest BCUT2D eigenvalue weighted by molar-refractivity contribution is 5.68. The van der Waals surface area contributed by atoms with E-state index in [1.807, 2.05) is 13.0 Å². The molecule has 2 aromatic rings. The molecule has 2 rings (SSSR count). The fourth-order valence-electron chi connectivity index (χ4n) is 2.11. The number of anilines is 1. The maximum atomic E-state index is 13.4. The highest BCUT2D eigenvalue weighted by Crippen LogP contribution is 2.27. The predicted molar refractivity (Wildman–Crippen MR) is 75.7 cm³/mol. The van der Waals surface area contributed by atoms with Crippen LogP contribution in [0.3, 0.4) is 0 Å². The smallest absolute Gasteiger partial charge is 0.133 e. The van der Waals surface area contributed by atoms with E-state index in [-0.39, 0.29) is 5.82 Å². The molecule has 1 heterocycles. The lowest BCUT2D eigenvalue weighted by Gasteiger charge is -2.12. The first-order chi connectivity index (χ1) is 9.17. The summed E-state index contributed by atoms with van der Waals surface area (Å²) in [5, 5.41) is 3.24. The van der Waals surface area contributed by atoms with E-state index in [0.29, 0.717) is 5.56 Å². The third kappa shape index (κ3) is 2.72. The molecule has 0 amide bonds. The van der Waals surface area contributed by atoms with E-state index < -0.39 is 0 Å². The van der Waals surface area contributed by atoms with Gasteiger partial charge in [0, 0.05) is 17.7 Å². The fourth-order valence-corrected chi connectivity index (χ4v) is 2.11. The number of nitrogens with zero attached hydrogens (tertiary/aromatic N) is 2. The number of rotatable bonds is 4. The van der Waals surface area contributed by atoms with Crippen molar-refractivity contribution in [1.29, 1.82) is 0 Å². The standard InChI is InChI=1S/C15H18FN3/c1-4-12-14(18-9-19-15(12)17-5-2)11-6-7-13(16)10(3)8-11/h6-9H,4-5H2,1-3H3,(H,17,18,19). The van der Waals surface area contributed by atoms with E-state index in [9.17, 15) is 4.39 Å². The molecular formula is C15H18FN3. The number of aromatic nitrogens is 2. The van der Waals surface area contributed by atoms with Crippen LogP contribution in [-0.4, -0.2) is 16.5 Å². The molecule has 0 aliphatic rings. The first-order valence-corrected chi connectivity index (χ1v) is 6.51. The lowest BCUT2D eigenvalue weighted by molar-refractivity contribution is 0.618. The minimum absolute atomic E-state index is 0.192. The van der Waals surface area contributed by atoms with E-state index in [1.54, 1.807) is 19.3 Å². The van der Waals surface area contributed by atoms with Crippen LogP contribution in [-0.2, 0) is 6.42 Å². The maximum Gasteiger partial charge on any atom is 0.133 e. The molecule has 0 bridgehead atoms. The summed E-state index contributed by atoms with van der Waals surface area (Å²) >= 11 is 0. The Hall–Kier alpha value is -1.97. The minimum atomic E-state index is -0.192. The summed E-state index contributed by atoms with van der Waals surface area (Å²) in [6.45, 7) is 6.67. The van der Waals surface area contributed by atoms with Gasteiger partial charge in [-0.2, -0.15) is 0 Å². The minimum Gasteiger partial charge on any atom is -0.370 e. The summed E-state index contributed by atoms with van der Waals surface area (Å²) in [6, 6.07) is 5.07. The van der Waals surface area contributed by atoms with Gasteiger partial charge in [-0.3, -0.25) is 0 Å². The molecule has 1 aromatic carbocycles. The normalized spacial score (nSPS) is 10.5. The molecule has 0 spiro atoms. The Morgan fingerprint density at radius 3 is 2.63 bits per heavy atom. The Morgan fingerprint density at radius 2 is 2.00 bits per heavy atom. The van der Waals surface area contributed by atoms with Gasteiger partial charge in [0.15, 0.2) is 0 Å². The number of aryl methyl sites for hydroxylation is 1. The summed E-state index contributed by atoms with van der Waals surface area (Å²) < 4.78 is 13.4. The van der Waals surface area contributed by atoms with Gasteiger partial charge < -0.3 is 5.32 Å². The van der Waals surface area contributed by atoms with Crippen molar-refractivity contribution in [3.8, 4) is 11.3 Å². The zero-order valence-corrected chi connectivity index (χ0v) is 11.5. The molecule has 1 N–H and O–H groups in total. The number of hydrogen-bond donors (Lipinski definition) is 1. The number of halogens is 1. The van der Waals surface area contributed by atoms with E-state index in [1.165, 1.54) is 6.07 Å². The Labute approximate surface area is 112 Å². The van der Waals surface area contributed by atoms with Crippen molar-refractivity contribution in [3.63, 3.8) is 0 Å². The number of nitrogens with one attached hydrogen (secondary N) is 1. The van der Waals surface area contributed by atoms with Crippen LogP contribution in [0, 0.1) is 12.7 Å². The lowest BCUT2D eigenvalue weighted by Crippen LogP contribution is -2.05. The van der Waals surface area contributed by atoms with Gasteiger partial charge in [-0.1, -0.05) is 6.92 Å². The Kier molecular flexibility index (Phi) is 4.10. The molecule has 100 valence electrons. The highest BCUT2D eigenvalue weighted by Gasteiger charge is 2.12. The summed E-state index contributed by atoms with van der Waals surface area (Å²) in [4.78, 5) is 8.63. The number of hydrogen-bond acceptors (Lipinski definition) is 3. The predicted octanol–water partition coefficient (Wildman–Crippen LogP) is 3.59. The van der Waals surface area contributed by atoms with Crippen molar-refractivity contribution in [3.05, 3.63) is 41.5 Å². The second-order valence-electron chi connectivity index (χ2n) is 4.40. The van der Waals surface area contributed by atoms with Crippen molar-refractivity contribution in [2.24, 2.45) is 0 Å². The van der Waals surface area contributed by atoms with Gasteiger partial charge in [-0.25, -0.2) is 14.4 Å². The summed E-state index contributed by atoms with van der Waals surface area (Å²) in [5.74, 6) is 0.666. The van der Waals surface area contributed by atoms with Gasteiger partial charge in [0.2, 0.25) is 0 Å². The van der Waals surface area contributed by atoms with Crippen LogP contribution in [0.15, 0.2) is 24.5 Å². The van der Waals surface area contributed by atoms with E-state index in [0.717, 1.165) is 35.6 Å². The topological polar surface area (TPSA) is 37.8 Å². The first-order valence-electron chi connectivity index (χ1n) is 6.51. The SMILES string of the molecule is CCNc1ncnc(-c2ccc(F)c(C)c2)c1CC. The fraction of sp³-hybridized carbons (Fsp3) is 0.333. The van der Waals surface area contributed by atoms with Crippen LogP contribution in [0.4, 0.5) is 10.2 Å². The second-order valence-corrected chi connectivity index (χ2v) is 4.40. The molecule has 0 aliphatic heterocycles. The van der Waals surface area contributed by atoms with E-state index >= 15 is 0 Å². The van der Waals surface area contributed by atoms with Gasteiger partial charge in [-0.05, 0) is 44.0 Å². The molecule has 0 fully saturated rings. The van der Waals surface area contributed by atoms with Crippen molar-refractivity contribution < 1.29 is 4.39 Å². The molecule has 3 nitrogen and oxygen atoms in total. The van der Waals surface area contributed by atoms with E-state index in [2.05, 4.69) is 22.2 Å². The van der Waals surface area contributed by atoms with Gasteiger partial charge in [0.25, 0.3) is 0 Å². The average molecular weight is 259 g/mol. The largest absolute Gasteiger partial charge is 0.370 e. The maximum absolute atomic E-state index is 13.4. The molecule has 0 aliphatic carbocycles. The molecule has 19 heavy (non-hydrogen) atoms. The van der Waals surface area contributed by atoms with Gasteiger partial charge in [0.05, 0.1) is 5.69 Å². The Balaban J connectivity index is 2.54. The van der Waals surface area contributed by atoms with Crippen molar-refractivity contribution in [1.82, 2.24) is 9.97 Å². The zero-order valence-electron chi connectivity index (χ0n) is 11.5. The number of benzene rings is 1. The summed E-state index contributed by atoms with van der Waals surface area (Å²) in [6.07, 6.45) is 2.38. The van der Waals surface area contributed by atoms with Crippen LogP contribution in [0.2, 0.25) is 0 Å². The van der Waals surface area contributed by atoms with Crippen molar-refractivity contribution in [2.45, 2.75) is 27.2 Å². The molecule has 4 heteroatoms. The molecular weight excluding hydrogens is 241 g/mol. The van der Waals surface area contributed by atoms with Crippen LogP contribution in [0.25, 0.3) is 11.3 Å². The van der Waals surface area contributed by atoms with Gasteiger partial charge in [0.1, 0.15) is 18.0 Å². The van der Waals surface area contributed by atoms with Crippen LogP contribution in [0.5, 0.6) is 0 Å². The average Bonchev–Trinajstić information content (AvgIpc) is 2.42. The highest BCUT2D eigenvalue weighted by atomic mass is 19.1. The molecule has 0 radical (unpaired) electrons. The Bertz CT molecular complexity index is 582. The van der Waals surface area contributed by atoms with E-state index in [4.69, 9.17) is 0 Å². The molecule has 0 saturated heterocycles. The molecule has 0 atom stereocenters. The van der Waals surface area contributed by atoms with Crippen molar-refractivity contribution >= 4 is 5.82 Å². The monoisotopic (exact) mass is 259 g/mol. The van der Waals surface area contributed by atoms with Crippen LogP contribution >= 0.6 is 0 Å². The summed E-state index contributed by atoms with van der Waals surface area (Å²) in [5.41, 5.74) is 3.49. The van der Waals surface area contributed by atoms with Crippen LogP contribution < -0.4 is 5.32 Å². The third-order valence-corrected chi connectivity index (χ3v) is 3.07. The molecule has 1 aromatic heterocycles. The van der Waals surface area contributed by atoms with Gasteiger partial charge >= 0.3 is 0 Å². The van der Waals surface area contributed by atoms with Crippen molar-refractivity contribution in [2.75, 3.05) is 11.9 Å². The third-order valence-electron chi connectivity index (χ3n) is 3.07. The first kappa shape index (κ1) is 13.5. The molecule has 0 unspecified atom stereocenters. The zero-order chi connectivity index (χ0) is 13.8. The quantitative estimate of drug-likeness (QED) is 0.911. The second kappa shape index (κ2) is 5.78. The van der Waals surface area contributed by atoms with Gasteiger partial charge in [-0.15, -0.1) is 0 Å². The Morgan fingerprint density at radius 1 is 1.21 bits per heavy atom. The molecule has 0 saturated carbocycles.